The first-order chi connectivity index (χ1) is 10.6. The molecular weight excluding hydrogens is 296 g/mol. The van der Waals surface area contributed by atoms with E-state index in [1.807, 2.05) is 55.9 Å². The van der Waals surface area contributed by atoms with E-state index in [1.165, 1.54) is 11.3 Å². The molecule has 0 aliphatic rings. The zero-order valence-electron chi connectivity index (χ0n) is 12.6. The number of nitrogens with zero attached hydrogens (tertiary/aromatic N) is 3. The molecule has 3 rings (SSSR count). The first kappa shape index (κ1) is 14.5. The molecule has 3 aromatic rings. The second-order valence-corrected chi connectivity index (χ2v) is 5.93. The molecule has 0 bridgehead atoms. The highest BCUT2D eigenvalue weighted by molar-refractivity contribution is 7.12. The minimum Gasteiger partial charge on any atom is -0.350 e. The van der Waals surface area contributed by atoms with Crippen molar-refractivity contribution in [1.29, 1.82) is 0 Å². The molecule has 0 saturated carbocycles. The van der Waals surface area contributed by atoms with Crippen LogP contribution >= 0.6 is 11.3 Å². The Morgan fingerprint density at radius 3 is 2.86 bits per heavy atom. The van der Waals surface area contributed by atoms with E-state index in [9.17, 15) is 4.79 Å². The van der Waals surface area contributed by atoms with E-state index in [0.717, 1.165) is 27.2 Å². The number of hydrogen-bond donors (Lipinski definition) is 1. The van der Waals surface area contributed by atoms with Gasteiger partial charge in [-0.1, -0.05) is 18.2 Å². The van der Waals surface area contributed by atoms with Crippen LogP contribution in [-0.4, -0.2) is 21.2 Å². The number of carbonyl (C=O) groups is 1. The lowest BCUT2D eigenvalue weighted by molar-refractivity contribution is 0.0956. The number of nitrogens with one attached hydrogen (secondary N) is 1. The smallest absolute Gasteiger partial charge is 0.273 e. The van der Waals surface area contributed by atoms with Crippen LogP contribution in [0.25, 0.3) is 10.9 Å². The zero-order chi connectivity index (χ0) is 15.7. The Balaban J connectivity index is 1.87. The maximum Gasteiger partial charge on any atom is 0.273 e. The average Bonchev–Trinajstić information content (AvgIpc) is 3.09. The Hall–Kier alpha value is -2.47. The van der Waals surface area contributed by atoms with Gasteiger partial charge in [0.05, 0.1) is 27.4 Å². The Bertz CT molecular complexity index is 875. The monoisotopic (exact) mass is 312 g/mol. The standard InChI is InChI=1S/C16H16N4OS/c1-10-15(22-9-17-10)11(2)18-19-16(21)13-8-20(3)14-7-5-4-6-12(13)14/h4-9H,1-3H3,(H,19,21). The summed E-state index contributed by atoms with van der Waals surface area (Å²) >= 11 is 1.51. The van der Waals surface area contributed by atoms with Gasteiger partial charge in [-0.2, -0.15) is 5.10 Å². The molecular formula is C16H16N4OS. The third-order valence-corrected chi connectivity index (χ3v) is 4.58. The second-order valence-electron chi connectivity index (χ2n) is 5.08. The summed E-state index contributed by atoms with van der Waals surface area (Å²) in [5, 5.41) is 5.12. The molecule has 2 aromatic heterocycles. The third-order valence-electron chi connectivity index (χ3n) is 3.54. The lowest BCUT2D eigenvalue weighted by Crippen LogP contribution is -2.19. The fourth-order valence-electron chi connectivity index (χ4n) is 2.42. The summed E-state index contributed by atoms with van der Waals surface area (Å²) in [5.41, 5.74) is 7.73. The van der Waals surface area contributed by atoms with Gasteiger partial charge in [0, 0.05) is 24.1 Å². The van der Waals surface area contributed by atoms with Crippen molar-refractivity contribution in [1.82, 2.24) is 15.0 Å². The van der Waals surface area contributed by atoms with Crippen LogP contribution < -0.4 is 5.43 Å². The number of rotatable bonds is 3. The van der Waals surface area contributed by atoms with Crippen molar-refractivity contribution in [3.63, 3.8) is 0 Å². The topological polar surface area (TPSA) is 59.3 Å². The molecule has 5 nitrogen and oxygen atoms in total. The normalized spacial score (nSPS) is 11.9. The minimum absolute atomic E-state index is 0.210. The first-order valence-corrected chi connectivity index (χ1v) is 7.75. The quantitative estimate of drug-likeness (QED) is 0.597. The summed E-state index contributed by atoms with van der Waals surface area (Å²) in [4.78, 5) is 17.6. The summed E-state index contributed by atoms with van der Waals surface area (Å²) in [7, 11) is 1.92. The number of thiazole rings is 1. The third kappa shape index (κ3) is 2.53. The largest absolute Gasteiger partial charge is 0.350 e. The maximum absolute atomic E-state index is 12.4. The van der Waals surface area contributed by atoms with Gasteiger partial charge < -0.3 is 4.57 Å². The summed E-state index contributed by atoms with van der Waals surface area (Å²) in [6.07, 6.45) is 1.82. The first-order valence-electron chi connectivity index (χ1n) is 6.87. The highest BCUT2D eigenvalue weighted by Crippen LogP contribution is 2.20. The number of hydrazone groups is 1. The van der Waals surface area contributed by atoms with Crippen molar-refractivity contribution in [2.45, 2.75) is 13.8 Å². The van der Waals surface area contributed by atoms with Crippen LogP contribution in [0, 0.1) is 6.92 Å². The second kappa shape index (κ2) is 5.73. The number of para-hydroxylation sites is 1. The van der Waals surface area contributed by atoms with Crippen molar-refractivity contribution >= 4 is 33.9 Å². The van der Waals surface area contributed by atoms with E-state index >= 15 is 0 Å². The Morgan fingerprint density at radius 2 is 2.14 bits per heavy atom. The number of benzene rings is 1. The molecule has 0 spiro atoms. The number of hydrogen-bond acceptors (Lipinski definition) is 4. The molecule has 1 aromatic carbocycles. The molecule has 0 radical (unpaired) electrons. The Kier molecular flexibility index (Phi) is 3.77. The highest BCUT2D eigenvalue weighted by Gasteiger charge is 2.13. The summed E-state index contributed by atoms with van der Waals surface area (Å²) in [6.45, 7) is 3.79. The predicted octanol–water partition coefficient (Wildman–Crippen LogP) is 3.10. The molecule has 6 heteroatoms. The Morgan fingerprint density at radius 1 is 1.36 bits per heavy atom. The molecule has 1 N–H and O–H groups in total. The summed E-state index contributed by atoms with van der Waals surface area (Å²) in [6, 6.07) is 7.81. The molecule has 0 atom stereocenters. The van der Waals surface area contributed by atoms with Crippen molar-refractivity contribution in [2.24, 2.45) is 12.1 Å². The van der Waals surface area contributed by atoms with Crippen LogP contribution in [0.4, 0.5) is 0 Å². The molecule has 0 saturated heterocycles. The lowest BCUT2D eigenvalue weighted by atomic mass is 10.2. The lowest BCUT2D eigenvalue weighted by Gasteiger charge is -2.01. The number of fused-ring (bicyclic) bond motifs is 1. The number of carbonyl (C=O) groups excluding carboxylic acids is 1. The molecule has 2 heterocycles. The predicted molar refractivity (Wildman–Crippen MR) is 89.4 cm³/mol. The minimum atomic E-state index is -0.210. The van der Waals surface area contributed by atoms with Gasteiger partial charge in [-0.3, -0.25) is 4.79 Å². The van der Waals surface area contributed by atoms with E-state index < -0.39 is 0 Å². The molecule has 0 unspecified atom stereocenters. The maximum atomic E-state index is 12.4. The molecule has 112 valence electrons. The van der Waals surface area contributed by atoms with Crippen molar-refractivity contribution < 1.29 is 4.79 Å². The van der Waals surface area contributed by atoms with Crippen molar-refractivity contribution in [3.05, 3.63) is 52.1 Å². The van der Waals surface area contributed by atoms with E-state index in [-0.39, 0.29) is 5.91 Å². The van der Waals surface area contributed by atoms with Crippen LogP contribution in [0.5, 0.6) is 0 Å². The van der Waals surface area contributed by atoms with Crippen LogP contribution in [0.15, 0.2) is 41.1 Å². The van der Waals surface area contributed by atoms with E-state index in [1.54, 1.807) is 5.51 Å². The molecule has 0 aliphatic carbocycles. The summed E-state index contributed by atoms with van der Waals surface area (Å²) in [5.74, 6) is -0.210. The van der Waals surface area contributed by atoms with Gasteiger partial charge in [0.15, 0.2) is 0 Å². The van der Waals surface area contributed by atoms with E-state index in [2.05, 4.69) is 15.5 Å². The van der Waals surface area contributed by atoms with Crippen LogP contribution in [0.2, 0.25) is 0 Å². The number of aryl methyl sites for hydroxylation is 2. The molecule has 0 fully saturated rings. The van der Waals surface area contributed by atoms with Gasteiger partial charge in [-0.05, 0) is 19.9 Å². The van der Waals surface area contributed by atoms with Gasteiger partial charge in [-0.25, -0.2) is 10.4 Å². The van der Waals surface area contributed by atoms with Gasteiger partial charge in [0.2, 0.25) is 0 Å². The van der Waals surface area contributed by atoms with Gasteiger partial charge >= 0.3 is 0 Å². The summed E-state index contributed by atoms with van der Waals surface area (Å²) < 4.78 is 1.94. The van der Waals surface area contributed by atoms with E-state index in [0.29, 0.717) is 5.56 Å². The van der Waals surface area contributed by atoms with Crippen LogP contribution in [0.3, 0.4) is 0 Å². The fourth-order valence-corrected chi connectivity index (χ4v) is 3.17. The van der Waals surface area contributed by atoms with Gasteiger partial charge in [-0.15, -0.1) is 11.3 Å². The van der Waals surface area contributed by atoms with Gasteiger partial charge in [0.1, 0.15) is 0 Å². The average molecular weight is 312 g/mol. The van der Waals surface area contributed by atoms with Crippen molar-refractivity contribution in [3.8, 4) is 0 Å². The molecule has 0 aliphatic heterocycles. The molecule has 22 heavy (non-hydrogen) atoms. The van der Waals surface area contributed by atoms with Crippen molar-refractivity contribution in [2.75, 3.05) is 0 Å². The van der Waals surface area contributed by atoms with Crippen LogP contribution in [-0.2, 0) is 7.05 Å². The zero-order valence-corrected chi connectivity index (χ0v) is 13.4. The molecule has 1 amide bonds. The SMILES string of the molecule is CC(=NNC(=O)c1cn(C)c2ccccc12)c1scnc1C. The number of amides is 1. The van der Waals surface area contributed by atoms with E-state index in [4.69, 9.17) is 0 Å². The van der Waals surface area contributed by atoms with Crippen LogP contribution in [0.1, 0.15) is 27.9 Å². The van der Waals surface area contributed by atoms with Gasteiger partial charge in [0.25, 0.3) is 5.91 Å². The fraction of sp³-hybridized carbons (Fsp3) is 0.188. The Labute approximate surface area is 132 Å². The number of aromatic nitrogens is 2. The highest BCUT2D eigenvalue weighted by atomic mass is 32.1.